The maximum Gasteiger partial charge on any atom is 0.121 e. The Kier molecular flexibility index (Phi) is 13.1. The van der Waals surface area contributed by atoms with Crippen LogP contribution in [-0.2, 0) is 56.5 Å². The van der Waals surface area contributed by atoms with E-state index in [0.29, 0.717) is 33.0 Å². The Morgan fingerprint density at radius 3 is 1.53 bits per heavy atom. The molecule has 1 fully saturated rings. The monoisotopic (exact) mass is 726 g/mol. The van der Waals surface area contributed by atoms with Crippen molar-refractivity contribution in [2.24, 2.45) is 0 Å². The molecule has 0 aliphatic carbocycles. The second-order valence-corrected chi connectivity index (χ2v) is 14.2. The van der Waals surface area contributed by atoms with Crippen molar-refractivity contribution in [3.63, 3.8) is 0 Å². The topological polar surface area (TPSA) is 55.4 Å². The van der Waals surface area contributed by atoms with Gasteiger partial charge >= 0.3 is 0 Å². The molecule has 1 aliphatic rings. The summed E-state index contributed by atoms with van der Waals surface area (Å²) in [5.41, 5.74) is 6.75. The molecule has 0 amide bonds. The van der Waals surface area contributed by atoms with Gasteiger partial charge in [-0.25, -0.2) is 0 Å². The lowest BCUT2D eigenvalue weighted by molar-refractivity contribution is -0.274. The van der Waals surface area contributed by atoms with Crippen LogP contribution in [0.1, 0.15) is 44.4 Å². The first-order chi connectivity index (χ1) is 26.2. The third-order valence-electron chi connectivity index (χ3n) is 9.41. The second kappa shape index (κ2) is 18.9. The molecule has 5 atom stereocenters. The van der Waals surface area contributed by atoms with E-state index in [1.54, 1.807) is 18.4 Å². The van der Waals surface area contributed by atoms with Crippen LogP contribution in [0.5, 0.6) is 5.75 Å². The summed E-state index contributed by atoms with van der Waals surface area (Å²) < 4.78 is 39.6. The van der Waals surface area contributed by atoms with Crippen molar-refractivity contribution in [2.75, 3.05) is 13.7 Å². The average molecular weight is 727 g/mol. The fraction of sp³-hybridized carbons (Fsp3) is 0.261. The predicted molar refractivity (Wildman–Crippen MR) is 209 cm³/mol. The van der Waals surface area contributed by atoms with E-state index in [9.17, 15) is 0 Å². The molecule has 1 aromatic heterocycles. The molecule has 1 aliphatic heterocycles. The van der Waals surface area contributed by atoms with Gasteiger partial charge in [-0.3, -0.25) is 0 Å². The SMILES string of the molecule is COc1ccc(Cc2csc([C@@H]3O[C@H](COCc4ccccc4)[C@@H](OCc4ccccc4)[C@H](OCc4ccccc4)[C@H]3OCc3ccccc3)c2)cc1. The van der Waals surface area contributed by atoms with Crippen LogP contribution in [0.4, 0.5) is 0 Å². The molecule has 5 aromatic carbocycles. The molecule has 0 bridgehead atoms. The summed E-state index contributed by atoms with van der Waals surface area (Å²) in [5.74, 6) is 0.847. The predicted octanol–water partition coefficient (Wildman–Crippen LogP) is 9.76. The first-order valence-electron chi connectivity index (χ1n) is 18.2. The van der Waals surface area contributed by atoms with Gasteiger partial charge in [-0.05, 0) is 63.4 Å². The van der Waals surface area contributed by atoms with Crippen molar-refractivity contribution in [1.82, 2.24) is 0 Å². The van der Waals surface area contributed by atoms with E-state index in [1.165, 1.54) is 11.1 Å². The molecule has 6 aromatic rings. The molecule has 0 spiro atoms. The van der Waals surface area contributed by atoms with Gasteiger partial charge in [0.2, 0.25) is 0 Å². The molecule has 1 saturated heterocycles. The van der Waals surface area contributed by atoms with Crippen molar-refractivity contribution in [3.05, 3.63) is 195 Å². The summed E-state index contributed by atoms with van der Waals surface area (Å²) >= 11 is 1.69. The van der Waals surface area contributed by atoms with E-state index in [4.69, 9.17) is 28.4 Å². The maximum absolute atomic E-state index is 7.13. The summed E-state index contributed by atoms with van der Waals surface area (Å²) in [4.78, 5) is 1.08. The van der Waals surface area contributed by atoms with Gasteiger partial charge in [-0.2, -0.15) is 0 Å². The number of methoxy groups -OCH3 is 1. The second-order valence-electron chi connectivity index (χ2n) is 13.3. The number of thiophene rings is 1. The van der Waals surface area contributed by atoms with Crippen molar-refractivity contribution in [1.29, 1.82) is 0 Å². The third kappa shape index (κ3) is 10.3. The first-order valence-corrected chi connectivity index (χ1v) is 19.0. The van der Waals surface area contributed by atoms with Crippen LogP contribution in [-0.4, -0.2) is 38.1 Å². The highest BCUT2D eigenvalue weighted by atomic mass is 32.1. The minimum atomic E-state index is -0.481. The van der Waals surface area contributed by atoms with Gasteiger partial charge in [0.05, 0.1) is 40.1 Å². The van der Waals surface area contributed by atoms with Crippen LogP contribution in [0.15, 0.2) is 157 Å². The van der Waals surface area contributed by atoms with Gasteiger partial charge in [-0.1, -0.05) is 133 Å². The number of rotatable bonds is 17. The Balaban J connectivity index is 1.22. The van der Waals surface area contributed by atoms with E-state index in [-0.39, 0.29) is 0 Å². The minimum Gasteiger partial charge on any atom is -0.497 e. The lowest BCUT2D eigenvalue weighted by Gasteiger charge is -2.46. The zero-order chi connectivity index (χ0) is 36.1. The lowest BCUT2D eigenvalue weighted by atomic mass is 9.92. The smallest absolute Gasteiger partial charge is 0.121 e. The van der Waals surface area contributed by atoms with Gasteiger partial charge in [0.1, 0.15) is 36.3 Å². The number of hydrogen-bond donors (Lipinski definition) is 0. The minimum absolute atomic E-state index is 0.325. The van der Waals surface area contributed by atoms with E-state index in [0.717, 1.165) is 39.3 Å². The highest BCUT2D eigenvalue weighted by molar-refractivity contribution is 7.10. The number of hydrogen-bond acceptors (Lipinski definition) is 7. The van der Waals surface area contributed by atoms with Crippen molar-refractivity contribution in [3.8, 4) is 5.75 Å². The Morgan fingerprint density at radius 1 is 0.509 bits per heavy atom. The molecule has 2 heterocycles. The van der Waals surface area contributed by atoms with Gasteiger partial charge in [-0.15, -0.1) is 11.3 Å². The van der Waals surface area contributed by atoms with E-state index in [2.05, 4.69) is 72.1 Å². The highest BCUT2D eigenvalue weighted by Gasteiger charge is 2.49. The van der Waals surface area contributed by atoms with Crippen LogP contribution in [0.2, 0.25) is 0 Å². The molecule has 6 nitrogen and oxygen atoms in total. The highest BCUT2D eigenvalue weighted by Crippen LogP contribution is 2.41. The van der Waals surface area contributed by atoms with Crippen LogP contribution in [0, 0.1) is 0 Å². The molecule has 7 rings (SSSR count). The van der Waals surface area contributed by atoms with Crippen LogP contribution < -0.4 is 4.74 Å². The fourth-order valence-corrected chi connectivity index (χ4v) is 7.62. The van der Waals surface area contributed by atoms with Gasteiger partial charge in [0.25, 0.3) is 0 Å². The summed E-state index contributed by atoms with van der Waals surface area (Å²) in [6, 6.07) is 51.4. The molecule has 0 N–H and O–H groups in total. The summed E-state index contributed by atoms with van der Waals surface area (Å²) in [6.07, 6.45) is -1.49. The number of benzene rings is 5. The van der Waals surface area contributed by atoms with Gasteiger partial charge < -0.3 is 28.4 Å². The van der Waals surface area contributed by atoms with E-state index < -0.39 is 30.5 Å². The van der Waals surface area contributed by atoms with Crippen molar-refractivity contribution in [2.45, 2.75) is 63.4 Å². The van der Waals surface area contributed by atoms with Crippen LogP contribution in [0.3, 0.4) is 0 Å². The Bertz CT molecular complexity index is 1920. The molecule has 7 heteroatoms. The Hall–Kier alpha value is -4.60. The summed E-state index contributed by atoms with van der Waals surface area (Å²) in [6.45, 7) is 1.99. The molecule has 0 unspecified atom stereocenters. The van der Waals surface area contributed by atoms with Crippen molar-refractivity contribution >= 4 is 11.3 Å². The quantitative estimate of drug-likeness (QED) is 0.0934. The van der Waals surface area contributed by atoms with Crippen molar-refractivity contribution < 1.29 is 28.4 Å². The molecule has 272 valence electrons. The summed E-state index contributed by atoms with van der Waals surface area (Å²) in [5, 5.41) is 2.22. The summed E-state index contributed by atoms with van der Waals surface area (Å²) in [7, 11) is 1.69. The van der Waals surface area contributed by atoms with Crippen LogP contribution >= 0.6 is 11.3 Å². The third-order valence-corrected chi connectivity index (χ3v) is 10.4. The molecular formula is C46H46O6S. The van der Waals surface area contributed by atoms with Gasteiger partial charge in [0, 0.05) is 4.88 Å². The zero-order valence-corrected chi connectivity index (χ0v) is 30.8. The average Bonchev–Trinajstić information content (AvgIpc) is 3.68. The first kappa shape index (κ1) is 36.7. The van der Waals surface area contributed by atoms with Crippen LogP contribution in [0.25, 0.3) is 0 Å². The standard InChI is InChI=1S/C46H46O6S/c1-47-40-24-22-34(23-25-40)26-39-27-42(53-33-39)44-46(51-31-38-20-12-5-13-21-38)45(50-30-37-18-10-4-11-19-37)43(49-29-36-16-8-3-9-17-36)41(52-44)32-48-28-35-14-6-2-7-15-35/h2-25,27,33,41,43-46H,26,28-32H2,1H3/t41-,43-,44+,45+,46+/m1/s1. The van der Waals surface area contributed by atoms with Gasteiger partial charge in [0.15, 0.2) is 0 Å². The zero-order valence-electron chi connectivity index (χ0n) is 30.0. The molecule has 53 heavy (non-hydrogen) atoms. The fourth-order valence-electron chi connectivity index (χ4n) is 6.63. The Labute approximate surface area is 316 Å². The molecular weight excluding hydrogens is 681 g/mol. The Morgan fingerprint density at radius 2 is 1.00 bits per heavy atom. The largest absolute Gasteiger partial charge is 0.497 e. The lowest BCUT2D eigenvalue weighted by Crippen LogP contribution is -2.58. The molecule has 0 radical (unpaired) electrons. The maximum atomic E-state index is 7.13. The molecule has 0 saturated carbocycles. The van der Waals surface area contributed by atoms with E-state index in [1.807, 2.05) is 84.9 Å². The van der Waals surface area contributed by atoms with E-state index >= 15 is 0 Å². The normalized spacial score (nSPS) is 19.9. The number of ether oxygens (including phenoxy) is 6.